The average Bonchev–Trinajstić information content (AvgIpc) is 2.79. The van der Waals surface area contributed by atoms with Crippen LogP contribution in [0, 0.1) is 5.82 Å². The van der Waals surface area contributed by atoms with Crippen molar-refractivity contribution >= 4 is 17.4 Å². The van der Waals surface area contributed by atoms with Crippen LogP contribution in [0.2, 0.25) is 0 Å². The number of ketones is 1. The molecule has 0 spiro atoms. The highest BCUT2D eigenvalue weighted by Gasteiger charge is 2.10. The van der Waals surface area contributed by atoms with E-state index in [4.69, 9.17) is 11.6 Å². The summed E-state index contributed by atoms with van der Waals surface area (Å²) >= 11 is 5.51. The van der Waals surface area contributed by atoms with Crippen LogP contribution in [-0.2, 0) is 6.54 Å². The zero-order valence-electron chi connectivity index (χ0n) is 9.07. The average molecular weight is 252 g/mol. The lowest BCUT2D eigenvalue weighted by Crippen LogP contribution is -2.11. The van der Waals surface area contributed by atoms with Crippen molar-refractivity contribution in [1.29, 1.82) is 0 Å². The van der Waals surface area contributed by atoms with Gasteiger partial charge in [0.2, 0.25) is 0 Å². The summed E-state index contributed by atoms with van der Waals surface area (Å²) in [6, 6.07) is 9.95. The number of carbonyl (C=O) groups is 1. The van der Waals surface area contributed by atoms with Gasteiger partial charge in [-0.05, 0) is 18.2 Å². The molecule has 4 heteroatoms. The molecule has 0 aliphatic rings. The topological polar surface area (TPSA) is 22.0 Å². The van der Waals surface area contributed by atoms with Gasteiger partial charge in [-0.15, -0.1) is 11.6 Å². The molecule has 0 unspecified atom stereocenters. The molecule has 0 aliphatic heterocycles. The maximum atomic E-state index is 13.5. The van der Waals surface area contributed by atoms with E-state index in [1.165, 1.54) is 6.07 Å². The van der Waals surface area contributed by atoms with E-state index >= 15 is 0 Å². The number of benzene rings is 1. The summed E-state index contributed by atoms with van der Waals surface area (Å²) in [6.07, 6.45) is 1.74. The first-order chi connectivity index (χ1) is 8.22. The lowest BCUT2D eigenvalue weighted by molar-refractivity contribution is 0.101. The van der Waals surface area contributed by atoms with E-state index in [2.05, 4.69) is 0 Å². The number of alkyl halides is 1. The summed E-state index contributed by atoms with van der Waals surface area (Å²) in [7, 11) is 0. The zero-order chi connectivity index (χ0) is 12.3. The molecule has 2 rings (SSSR count). The van der Waals surface area contributed by atoms with Crippen LogP contribution in [0.15, 0.2) is 42.6 Å². The summed E-state index contributed by atoms with van der Waals surface area (Å²) in [5.74, 6) is -0.500. The van der Waals surface area contributed by atoms with Gasteiger partial charge in [0.1, 0.15) is 5.82 Å². The number of hydrogen-bond donors (Lipinski definition) is 0. The van der Waals surface area contributed by atoms with Gasteiger partial charge in [-0.3, -0.25) is 4.79 Å². The fraction of sp³-hybridized carbons (Fsp3) is 0.154. The second-order valence-electron chi connectivity index (χ2n) is 3.67. The molecule has 0 saturated carbocycles. The van der Waals surface area contributed by atoms with Gasteiger partial charge in [-0.2, -0.15) is 0 Å². The molecule has 0 N–H and O–H groups in total. The summed E-state index contributed by atoms with van der Waals surface area (Å²) in [5, 5.41) is 0. The molecule has 0 fully saturated rings. The van der Waals surface area contributed by atoms with Crippen LogP contribution in [0.1, 0.15) is 16.1 Å². The summed E-state index contributed by atoms with van der Waals surface area (Å²) < 4.78 is 15.2. The first-order valence-electron chi connectivity index (χ1n) is 5.20. The molecule has 1 heterocycles. The normalized spacial score (nSPS) is 10.5. The minimum absolute atomic E-state index is 0.0682. The van der Waals surface area contributed by atoms with Crippen LogP contribution < -0.4 is 0 Å². The summed E-state index contributed by atoms with van der Waals surface area (Å²) in [5.41, 5.74) is 1.05. The number of nitrogens with zero attached hydrogens (tertiary/aromatic N) is 1. The van der Waals surface area contributed by atoms with E-state index in [1.54, 1.807) is 41.1 Å². The second-order valence-corrected chi connectivity index (χ2v) is 3.94. The molecule has 2 nitrogen and oxygen atoms in total. The first kappa shape index (κ1) is 11.9. The molecule has 1 aromatic heterocycles. The Hall–Kier alpha value is -1.61. The van der Waals surface area contributed by atoms with E-state index in [0.29, 0.717) is 17.8 Å². The first-order valence-corrected chi connectivity index (χ1v) is 5.73. The van der Waals surface area contributed by atoms with Gasteiger partial charge in [-0.1, -0.05) is 18.2 Å². The Morgan fingerprint density at radius 3 is 2.71 bits per heavy atom. The van der Waals surface area contributed by atoms with Crippen LogP contribution in [0.4, 0.5) is 4.39 Å². The lowest BCUT2D eigenvalue weighted by atomic mass is 10.2. The monoisotopic (exact) mass is 251 g/mol. The Morgan fingerprint density at radius 1 is 1.24 bits per heavy atom. The number of halogens is 2. The van der Waals surface area contributed by atoms with Gasteiger partial charge in [0, 0.05) is 11.8 Å². The van der Waals surface area contributed by atoms with Crippen LogP contribution in [0.5, 0.6) is 0 Å². The van der Waals surface area contributed by atoms with Crippen molar-refractivity contribution in [2.75, 3.05) is 5.88 Å². The van der Waals surface area contributed by atoms with Crippen molar-refractivity contribution in [3.05, 3.63) is 59.7 Å². The Kier molecular flexibility index (Phi) is 3.59. The molecule has 88 valence electrons. The Balaban J connectivity index is 2.28. The fourth-order valence-corrected chi connectivity index (χ4v) is 1.82. The van der Waals surface area contributed by atoms with Crippen LogP contribution in [-0.4, -0.2) is 16.2 Å². The molecule has 0 radical (unpaired) electrons. The smallest absolute Gasteiger partial charge is 0.193 e. The highest BCUT2D eigenvalue weighted by atomic mass is 35.5. The molecule has 0 aliphatic carbocycles. The molecule has 2 aromatic rings. The van der Waals surface area contributed by atoms with Crippen LogP contribution in [0.3, 0.4) is 0 Å². The predicted octanol–water partition coefficient (Wildman–Crippen LogP) is 3.10. The Bertz CT molecular complexity index is 536. The quantitative estimate of drug-likeness (QED) is 0.605. The highest BCUT2D eigenvalue weighted by molar-refractivity contribution is 6.30. The summed E-state index contributed by atoms with van der Waals surface area (Å²) in [4.78, 5) is 11.5. The molecule has 1 aromatic carbocycles. The number of carbonyl (C=O) groups excluding carboxylic acids is 1. The third-order valence-corrected chi connectivity index (χ3v) is 2.78. The number of Topliss-reactive ketones (excluding diaryl/α,β-unsaturated/α-hetero) is 1. The van der Waals surface area contributed by atoms with Crippen molar-refractivity contribution in [3.63, 3.8) is 0 Å². The fourth-order valence-electron chi connectivity index (χ4n) is 1.68. The molecule has 0 amide bonds. The van der Waals surface area contributed by atoms with Crippen molar-refractivity contribution in [1.82, 2.24) is 4.57 Å². The second kappa shape index (κ2) is 5.15. The molecule has 0 bridgehead atoms. The van der Waals surface area contributed by atoms with E-state index in [9.17, 15) is 9.18 Å². The predicted molar refractivity (Wildman–Crippen MR) is 65.0 cm³/mol. The minimum Gasteiger partial charge on any atom is -0.341 e. The van der Waals surface area contributed by atoms with E-state index < -0.39 is 0 Å². The van der Waals surface area contributed by atoms with Crippen molar-refractivity contribution in [2.45, 2.75) is 6.54 Å². The Morgan fingerprint density at radius 2 is 2.00 bits per heavy atom. The van der Waals surface area contributed by atoms with E-state index in [0.717, 1.165) is 0 Å². The van der Waals surface area contributed by atoms with Gasteiger partial charge < -0.3 is 4.57 Å². The van der Waals surface area contributed by atoms with Gasteiger partial charge >= 0.3 is 0 Å². The van der Waals surface area contributed by atoms with E-state index in [1.807, 2.05) is 0 Å². The number of rotatable bonds is 4. The largest absolute Gasteiger partial charge is 0.341 e. The van der Waals surface area contributed by atoms with Gasteiger partial charge in [0.25, 0.3) is 0 Å². The van der Waals surface area contributed by atoms with Crippen LogP contribution >= 0.6 is 11.6 Å². The van der Waals surface area contributed by atoms with Crippen LogP contribution in [0.25, 0.3) is 0 Å². The molecule has 0 saturated heterocycles. The molecular weight excluding hydrogens is 241 g/mol. The third-order valence-electron chi connectivity index (χ3n) is 2.54. The zero-order valence-corrected chi connectivity index (χ0v) is 9.82. The standard InChI is InChI=1S/C13H11ClFNO/c14-8-13(17)12-6-3-7-16(12)9-10-4-1-2-5-11(10)15/h1-7H,8-9H2. The van der Waals surface area contributed by atoms with Crippen molar-refractivity contribution in [2.24, 2.45) is 0 Å². The van der Waals surface area contributed by atoms with Gasteiger partial charge in [0.15, 0.2) is 5.78 Å². The van der Waals surface area contributed by atoms with Gasteiger partial charge in [0.05, 0.1) is 18.1 Å². The third kappa shape index (κ3) is 2.56. The van der Waals surface area contributed by atoms with Crippen molar-refractivity contribution in [3.8, 4) is 0 Å². The molecule has 17 heavy (non-hydrogen) atoms. The SMILES string of the molecule is O=C(CCl)c1cccn1Cc1ccccc1F. The summed E-state index contributed by atoms with van der Waals surface area (Å²) in [6.45, 7) is 0.331. The van der Waals surface area contributed by atoms with Gasteiger partial charge in [-0.25, -0.2) is 4.39 Å². The maximum Gasteiger partial charge on any atom is 0.193 e. The van der Waals surface area contributed by atoms with E-state index in [-0.39, 0.29) is 17.5 Å². The maximum absolute atomic E-state index is 13.5. The number of hydrogen-bond acceptors (Lipinski definition) is 1. The Labute approximate surface area is 104 Å². The van der Waals surface area contributed by atoms with Crippen molar-refractivity contribution < 1.29 is 9.18 Å². The highest BCUT2D eigenvalue weighted by Crippen LogP contribution is 2.12. The molecule has 0 atom stereocenters. The molecular formula is C13H11ClFNO. The minimum atomic E-state index is -0.273. The lowest BCUT2D eigenvalue weighted by Gasteiger charge is -2.08. The number of aromatic nitrogens is 1.